The Hall–Kier alpha value is -1.82. The topological polar surface area (TPSA) is 92.5 Å². The molecule has 6 nitrogen and oxygen atoms in total. The summed E-state index contributed by atoms with van der Waals surface area (Å²) in [6.45, 7) is 2.75. The van der Waals surface area contributed by atoms with Crippen molar-refractivity contribution in [2.75, 3.05) is 11.9 Å². The van der Waals surface area contributed by atoms with E-state index in [9.17, 15) is 20.0 Å². The lowest BCUT2D eigenvalue weighted by molar-refractivity contribution is -0.384. The molecule has 0 aliphatic heterocycles. The minimum atomic E-state index is -1.24. The first kappa shape index (κ1) is 15.6. The number of carboxylic acid groups (broad SMARTS) is 1. The van der Waals surface area contributed by atoms with E-state index in [0.717, 1.165) is 31.7 Å². The number of anilines is 1. The number of aromatic carboxylic acids is 1. The fourth-order valence-corrected chi connectivity index (χ4v) is 3.03. The first-order valence-electron chi connectivity index (χ1n) is 6.77. The largest absolute Gasteiger partial charge is 0.478 e. The van der Waals surface area contributed by atoms with Crippen LogP contribution in [0, 0.1) is 15.5 Å². The van der Waals surface area contributed by atoms with Gasteiger partial charge in [-0.1, -0.05) is 31.4 Å². The van der Waals surface area contributed by atoms with Crippen molar-refractivity contribution in [1.82, 2.24) is 0 Å². The Morgan fingerprint density at radius 1 is 1.48 bits per heavy atom. The number of nitro groups is 1. The molecule has 2 rings (SSSR count). The maximum absolute atomic E-state index is 11.3. The van der Waals surface area contributed by atoms with Gasteiger partial charge in [0.05, 0.1) is 21.2 Å². The number of hydrogen-bond acceptors (Lipinski definition) is 4. The molecular weight excluding hydrogens is 296 g/mol. The number of carboxylic acids is 1. The lowest BCUT2D eigenvalue weighted by Gasteiger charge is -2.25. The number of carbonyl (C=O) groups is 1. The first-order chi connectivity index (χ1) is 9.82. The summed E-state index contributed by atoms with van der Waals surface area (Å²) < 4.78 is 0. The van der Waals surface area contributed by atoms with E-state index in [4.69, 9.17) is 11.6 Å². The van der Waals surface area contributed by atoms with E-state index in [2.05, 4.69) is 12.2 Å². The first-order valence-corrected chi connectivity index (χ1v) is 7.15. The molecule has 1 aliphatic rings. The highest BCUT2D eigenvalue weighted by Gasteiger charge is 2.29. The minimum Gasteiger partial charge on any atom is -0.478 e. The normalized spacial score (nSPS) is 16.7. The predicted octanol–water partition coefficient (Wildman–Crippen LogP) is 3.94. The van der Waals surface area contributed by atoms with Crippen LogP contribution in [0.3, 0.4) is 0 Å². The van der Waals surface area contributed by atoms with Crippen LogP contribution in [0.2, 0.25) is 5.02 Å². The molecule has 21 heavy (non-hydrogen) atoms. The Morgan fingerprint density at radius 2 is 2.10 bits per heavy atom. The van der Waals surface area contributed by atoms with Crippen molar-refractivity contribution < 1.29 is 14.8 Å². The number of nitrogens with one attached hydrogen (secondary N) is 1. The Kier molecular flexibility index (Phi) is 4.37. The van der Waals surface area contributed by atoms with E-state index < -0.39 is 10.9 Å². The third-order valence-electron chi connectivity index (χ3n) is 4.02. The van der Waals surface area contributed by atoms with Crippen molar-refractivity contribution in [2.24, 2.45) is 5.41 Å². The molecule has 0 spiro atoms. The summed E-state index contributed by atoms with van der Waals surface area (Å²) in [5.41, 5.74) is -0.130. The molecule has 1 aromatic carbocycles. The summed E-state index contributed by atoms with van der Waals surface area (Å²) in [6.07, 6.45) is 4.48. The van der Waals surface area contributed by atoms with Crippen LogP contribution >= 0.6 is 11.6 Å². The van der Waals surface area contributed by atoms with E-state index in [1.54, 1.807) is 0 Å². The summed E-state index contributed by atoms with van der Waals surface area (Å²) in [6, 6.07) is 2.21. The summed E-state index contributed by atoms with van der Waals surface area (Å²) >= 11 is 6.02. The maximum Gasteiger partial charge on any atom is 0.338 e. The molecule has 0 saturated heterocycles. The Labute approximate surface area is 127 Å². The summed E-state index contributed by atoms with van der Waals surface area (Å²) in [5.74, 6) is -1.24. The highest BCUT2D eigenvalue weighted by atomic mass is 35.5. The summed E-state index contributed by atoms with van der Waals surface area (Å²) in [5, 5.41) is 23.2. The van der Waals surface area contributed by atoms with Gasteiger partial charge >= 0.3 is 5.97 Å². The SMILES string of the molecule is CC1(CNc2c(Cl)cc([N+](=O)[O-])cc2C(=O)O)CCCC1. The highest BCUT2D eigenvalue weighted by molar-refractivity contribution is 6.34. The van der Waals surface area contributed by atoms with E-state index in [0.29, 0.717) is 6.54 Å². The van der Waals surface area contributed by atoms with Gasteiger partial charge in [-0.15, -0.1) is 0 Å². The molecule has 0 amide bonds. The van der Waals surface area contributed by atoms with Crippen molar-refractivity contribution in [3.8, 4) is 0 Å². The summed E-state index contributed by atoms with van der Waals surface area (Å²) in [4.78, 5) is 21.4. The quantitative estimate of drug-likeness (QED) is 0.634. The van der Waals surface area contributed by atoms with Crippen molar-refractivity contribution >= 4 is 28.9 Å². The monoisotopic (exact) mass is 312 g/mol. The van der Waals surface area contributed by atoms with Crippen LogP contribution in [-0.2, 0) is 0 Å². The van der Waals surface area contributed by atoms with Gasteiger partial charge in [0.25, 0.3) is 5.69 Å². The van der Waals surface area contributed by atoms with Crippen molar-refractivity contribution in [3.05, 3.63) is 32.8 Å². The number of benzene rings is 1. The zero-order valence-corrected chi connectivity index (χ0v) is 12.4. The van der Waals surface area contributed by atoms with Crippen LogP contribution in [0.1, 0.15) is 43.0 Å². The van der Waals surface area contributed by atoms with Gasteiger partial charge in [0.1, 0.15) is 0 Å². The van der Waals surface area contributed by atoms with Crippen LogP contribution in [0.5, 0.6) is 0 Å². The van der Waals surface area contributed by atoms with Gasteiger partial charge in [-0.05, 0) is 18.3 Å². The second-order valence-electron chi connectivity index (χ2n) is 5.78. The Balaban J connectivity index is 2.29. The van der Waals surface area contributed by atoms with E-state index in [1.165, 1.54) is 6.07 Å². The number of rotatable bonds is 5. The van der Waals surface area contributed by atoms with Crippen molar-refractivity contribution in [2.45, 2.75) is 32.6 Å². The van der Waals surface area contributed by atoms with Crippen LogP contribution < -0.4 is 5.32 Å². The molecule has 1 saturated carbocycles. The summed E-state index contributed by atoms with van der Waals surface area (Å²) in [7, 11) is 0. The number of halogens is 1. The lowest BCUT2D eigenvalue weighted by Crippen LogP contribution is -2.24. The molecule has 0 unspecified atom stereocenters. The van der Waals surface area contributed by atoms with Crippen molar-refractivity contribution in [1.29, 1.82) is 0 Å². The predicted molar refractivity (Wildman–Crippen MR) is 80.1 cm³/mol. The molecular formula is C14H17ClN2O4. The molecule has 0 atom stereocenters. The van der Waals surface area contributed by atoms with E-state index in [-0.39, 0.29) is 27.4 Å². The molecule has 1 fully saturated rings. The van der Waals surface area contributed by atoms with Gasteiger partial charge in [-0.3, -0.25) is 10.1 Å². The van der Waals surface area contributed by atoms with Crippen LogP contribution in [0.25, 0.3) is 0 Å². The average molecular weight is 313 g/mol. The maximum atomic E-state index is 11.3. The molecule has 1 aromatic rings. The van der Waals surface area contributed by atoms with Crippen molar-refractivity contribution in [3.63, 3.8) is 0 Å². The molecule has 7 heteroatoms. The Morgan fingerprint density at radius 3 is 2.62 bits per heavy atom. The Bertz CT molecular complexity index is 583. The van der Waals surface area contributed by atoms with E-state index >= 15 is 0 Å². The van der Waals surface area contributed by atoms with Crippen LogP contribution in [-0.4, -0.2) is 22.5 Å². The van der Waals surface area contributed by atoms with Gasteiger partial charge in [0, 0.05) is 18.7 Å². The zero-order valence-electron chi connectivity index (χ0n) is 11.7. The highest BCUT2D eigenvalue weighted by Crippen LogP contribution is 2.39. The van der Waals surface area contributed by atoms with Gasteiger partial charge in [-0.2, -0.15) is 0 Å². The number of nitrogens with zero attached hydrogens (tertiary/aromatic N) is 1. The molecule has 114 valence electrons. The number of nitro benzene ring substituents is 1. The molecule has 2 N–H and O–H groups in total. The second-order valence-corrected chi connectivity index (χ2v) is 6.19. The third-order valence-corrected chi connectivity index (χ3v) is 4.32. The fraction of sp³-hybridized carbons (Fsp3) is 0.500. The molecule has 0 aromatic heterocycles. The van der Waals surface area contributed by atoms with Gasteiger partial charge in [0.15, 0.2) is 0 Å². The molecule has 0 radical (unpaired) electrons. The van der Waals surface area contributed by atoms with Gasteiger partial charge in [0.2, 0.25) is 0 Å². The molecule has 1 aliphatic carbocycles. The van der Waals surface area contributed by atoms with Crippen LogP contribution in [0.4, 0.5) is 11.4 Å². The minimum absolute atomic E-state index is 0.0585. The standard InChI is InChI=1S/C14H17ClN2O4/c1-14(4-2-3-5-14)8-16-12-10(13(18)19)6-9(17(20)21)7-11(12)15/h6-7,16H,2-5,8H2,1H3,(H,18,19). The fourth-order valence-electron chi connectivity index (χ4n) is 2.75. The molecule has 0 heterocycles. The lowest BCUT2D eigenvalue weighted by atomic mass is 9.89. The van der Waals surface area contributed by atoms with E-state index in [1.807, 2.05) is 0 Å². The number of non-ortho nitro benzene ring substituents is 1. The second kappa shape index (κ2) is 5.89. The zero-order chi connectivity index (χ0) is 15.6. The van der Waals surface area contributed by atoms with Crippen LogP contribution in [0.15, 0.2) is 12.1 Å². The molecule has 0 bridgehead atoms. The third kappa shape index (κ3) is 3.44. The van der Waals surface area contributed by atoms with Gasteiger partial charge < -0.3 is 10.4 Å². The smallest absolute Gasteiger partial charge is 0.338 e. The number of hydrogen-bond donors (Lipinski definition) is 2. The average Bonchev–Trinajstić information content (AvgIpc) is 2.83. The van der Waals surface area contributed by atoms with Gasteiger partial charge in [-0.25, -0.2) is 4.79 Å².